The summed E-state index contributed by atoms with van der Waals surface area (Å²) in [5.41, 5.74) is 0. The average molecular weight is 631 g/mol. The van der Waals surface area contributed by atoms with Crippen LogP contribution in [0.25, 0.3) is 24.3 Å². The molecule has 8 heteroatoms. The minimum absolute atomic E-state index is 0.0622. The lowest BCUT2D eigenvalue weighted by Crippen LogP contribution is -2.39. The van der Waals surface area contributed by atoms with Gasteiger partial charge in [0.05, 0.1) is 38.6 Å². The second-order valence-corrected chi connectivity index (χ2v) is 13.1. The van der Waals surface area contributed by atoms with Crippen molar-refractivity contribution in [2.75, 3.05) is 40.6 Å². The third-order valence-corrected chi connectivity index (χ3v) is 9.63. The fourth-order valence-electron chi connectivity index (χ4n) is 5.35. The van der Waals surface area contributed by atoms with Crippen LogP contribution >= 0.6 is 22.7 Å². The number of rotatable bonds is 12. The zero-order chi connectivity index (χ0) is 30.1. The standard InChI is InChI=1S/C36H38O6S2/c1-37-23-27-19-21-39-35(41-27)33-7-3-5-25(33)9-11-29-13-15-31(43-29)17-18-32-16-14-30(44-32)12-10-26-6-4-8-34(26)36-40-22-20-28(42-36)24-38-2/h3-18,27-28,35-36H,19-24H2,1-2H3/b11-9+,12-10+,18-17+/t27-,28-,35-,36-/m0/s1. The highest BCUT2D eigenvalue weighted by molar-refractivity contribution is 7.14. The van der Waals surface area contributed by atoms with Gasteiger partial charge < -0.3 is 28.4 Å². The van der Waals surface area contributed by atoms with E-state index in [2.05, 4.69) is 86.4 Å². The molecule has 6 nitrogen and oxygen atoms in total. The van der Waals surface area contributed by atoms with Crippen LogP contribution in [0.2, 0.25) is 0 Å². The van der Waals surface area contributed by atoms with E-state index in [9.17, 15) is 0 Å². The molecule has 4 heterocycles. The van der Waals surface area contributed by atoms with Gasteiger partial charge in [0.15, 0.2) is 12.6 Å². The fraction of sp³-hybridized carbons (Fsp3) is 0.333. The highest BCUT2D eigenvalue weighted by atomic mass is 32.1. The van der Waals surface area contributed by atoms with Crippen molar-refractivity contribution in [2.24, 2.45) is 0 Å². The highest BCUT2D eigenvalue weighted by Crippen LogP contribution is 2.42. The van der Waals surface area contributed by atoms with E-state index in [1.807, 2.05) is 12.8 Å². The van der Waals surface area contributed by atoms with Crippen LogP contribution in [0, 0.1) is 62.2 Å². The molecule has 230 valence electrons. The molecule has 2 aliphatic carbocycles. The molecule has 0 unspecified atom stereocenters. The summed E-state index contributed by atoms with van der Waals surface area (Å²) >= 11 is 3.52. The van der Waals surface area contributed by atoms with E-state index in [1.54, 1.807) is 36.9 Å². The van der Waals surface area contributed by atoms with Crippen LogP contribution in [-0.4, -0.2) is 65.4 Å². The third-order valence-electron chi connectivity index (χ3n) is 7.59. The van der Waals surface area contributed by atoms with Gasteiger partial charge in [-0.05, 0) is 99.9 Å². The van der Waals surface area contributed by atoms with E-state index in [0.717, 1.165) is 36.5 Å². The summed E-state index contributed by atoms with van der Waals surface area (Å²) < 4.78 is 34.6. The summed E-state index contributed by atoms with van der Waals surface area (Å²) in [6, 6.07) is 8.63. The van der Waals surface area contributed by atoms with Crippen LogP contribution in [0.3, 0.4) is 0 Å². The maximum absolute atomic E-state index is 6.11. The first-order valence-electron chi connectivity index (χ1n) is 15.0. The van der Waals surface area contributed by atoms with Crippen LogP contribution in [0.4, 0.5) is 0 Å². The lowest BCUT2D eigenvalue weighted by molar-refractivity contribution is -0.209. The summed E-state index contributed by atoms with van der Waals surface area (Å²) in [6.45, 7) is 2.51. The SMILES string of the molecule is COC[C@@H]1CCO[C@H]([C]2[CH][CH][CH][C]2/C=C/c2ccc(/C=C/c3ccc(/C=C/[C]4[CH][CH][CH][C]4[C@H]4OCC[C@@H](COC)O4)s3)s2)O1. The van der Waals surface area contributed by atoms with Gasteiger partial charge in [0, 0.05) is 57.4 Å². The first-order chi connectivity index (χ1) is 21.7. The quantitative estimate of drug-likeness (QED) is 0.249. The maximum Gasteiger partial charge on any atom is 0.165 e. The van der Waals surface area contributed by atoms with Gasteiger partial charge in [-0.15, -0.1) is 22.7 Å². The van der Waals surface area contributed by atoms with E-state index in [1.165, 1.54) is 19.5 Å². The molecule has 2 aromatic rings. The second-order valence-electron chi connectivity index (χ2n) is 10.8. The molecule has 6 rings (SSSR count). The van der Waals surface area contributed by atoms with E-state index in [-0.39, 0.29) is 24.8 Å². The molecule has 0 aromatic carbocycles. The molecule has 4 fully saturated rings. The summed E-state index contributed by atoms with van der Waals surface area (Å²) in [6.07, 6.45) is 26.5. The Morgan fingerprint density at radius 3 is 1.43 bits per heavy atom. The van der Waals surface area contributed by atoms with E-state index in [0.29, 0.717) is 26.4 Å². The minimum atomic E-state index is -0.355. The van der Waals surface area contributed by atoms with Gasteiger partial charge in [-0.3, -0.25) is 0 Å². The zero-order valence-electron chi connectivity index (χ0n) is 25.1. The lowest BCUT2D eigenvalue weighted by atomic mass is 9.94. The van der Waals surface area contributed by atoms with Crippen LogP contribution < -0.4 is 0 Å². The molecule has 0 bridgehead atoms. The molecule has 2 saturated heterocycles. The highest BCUT2D eigenvalue weighted by Gasteiger charge is 2.39. The smallest absolute Gasteiger partial charge is 0.165 e. The van der Waals surface area contributed by atoms with E-state index < -0.39 is 0 Å². The van der Waals surface area contributed by atoms with Crippen molar-refractivity contribution >= 4 is 47.0 Å². The maximum atomic E-state index is 6.11. The van der Waals surface area contributed by atoms with Crippen molar-refractivity contribution in [2.45, 2.75) is 37.6 Å². The first-order valence-corrected chi connectivity index (χ1v) is 16.6. The van der Waals surface area contributed by atoms with Crippen LogP contribution in [-0.2, 0) is 28.4 Å². The predicted octanol–water partition coefficient (Wildman–Crippen LogP) is 7.11. The largest absolute Gasteiger partial charge is 0.382 e. The summed E-state index contributed by atoms with van der Waals surface area (Å²) in [4.78, 5) is 4.80. The molecule has 2 aliphatic heterocycles. The lowest BCUT2D eigenvalue weighted by Gasteiger charge is -2.34. The molecule has 2 aromatic heterocycles. The summed E-state index contributed by atoms with van der Waals surface area (Å²) in [5.74, 6) is 4.34. The molecule has 10 radical (unpaired) electrons. The van der Waals surface area contributed by atoms with Gasteiger partial charge in [-0.25, -0.2) is 0 Å². The molecule has 4 atom stereocenters. The van der Waals surface area contributed by atoms with Gasteiger partial charge in [-0.1, -0.05) is 12.2 Å². The Kier molecular flexibility index (Phi) is 12.0. The van der Waals surface area contributed by atoms with Gasteiger partial charge >= 0.3 is 0 Å². The number of hydrogen-bond acceptors (Lipinski definition) is 8. The average Bonchev–Trinajstić information content (AvgIpc) is 3.86. The third kappa shape index (κ3) is 8.59. The summed E-state index contributed by atoms with van der Waals surface area (Å²) in [7, 11) is 3.41. The van der Waals surface area contributed by atoms with E-state index >= 15 is 0 Å². The van der Waals surface area contributed by atoms with Crippen molar-refractivity contribution in [1.29, 1.82) is 0 Å². The molecule has 44 heavy (non-hydrogen) atoms. The van der Waals surface area contributed by atoms with E-state index in [4.69, 9.17) is 28.4 Å². The molecule has 2 saturated carbocycles. The van der Waals surface area contributed by atoms with Crippen molar-refractivity contribution in [3.63, 3.8) is 0 Å². The molecular weight excluding hydrogens is 593 g/mol. The number of hydrogen-bond donors (Lipinski definition) is 0. The van der Waals surface area contributed by atoms with Gasteiger partial charge in [0.1, 0.15) is 0 Å². The topological polar surface area (TPSA) is 55.4 Å². The Morgan fingerprint density at radius 1 is 0.614 bits per heavy atom. The Morgan fingerprint density at radius 2 is 1.02 bits per heavy atom. The van der Waals surface area contributed by atoms with Crippen LogP contribution in [0.15, 0.2) is 36.4 Å². The molecule has 0 N–H and O–H groups in total. The Balaban J connectivity index is 1.00. The first kappa shape index (κ1) is 32.3. The molecular formula is C36H38O6S2. The van der Waals surface area contributed by atoms with Crippen molar-refractivity contribution < 1.29 is 28.4 Å². The molecule has 0 amide bonds. The second kappa shape index (κ2) is 16.3. The van der Waals surface area contributed by atoms with Gasteiger partial charge in [0.2, 0.25) is 0 Å². The minimum Gasteiger partial charge on any atom is -0.382 e. The van der Waals surface area contributed by atoms with Crippen LogP contribution in [0.5, 0.6) is 0 Å². The van der Waals surface area contributed by atoms with Crippen molar-refractivity contribution in [3.8, 4) is 0 Å². The number of thiophene rings is 2. The Labute approximate surface area is 271 Å². The zero-order valence-corrected chi connectivity index (χ0v) is 26.7. The Bertz CT molecular complexity index is 1150. The normalized spacial score (nSPS) is 28.5. The monoisotopic (exact) mass is 630 g/mol. The van der Waals surface area contributed by atoms with Gasteiger partial charge in [0.25, 0.3) is 0 Å². The van der Waals surface area contributed by atoms with Crippen molar-refractivity contribution in [3.05, 3.63) is 118 Å². The summed E-state index contributed by atoms with van der Waals surface area (Å²) in [5, 5.41) is 0. The number of methoxy groups -OCH3 is 2. The van der Waals surface area contributed by atoms with Crippen molar-refractivity contribution in [1.82, 2.24) is 0 Å². The molecule has 4 aliphatic rings. The van der Waals surface area contributed by atoms with Crippen LogP contribution in [0.1, 0.15) is 32.4 Å². The molecule has 0 spiro atoms. The fourth-order valence-corrected chi connectivity index (χ4v) is 6.99. The number of allylic oxidation sites excluding steroid dienone is 2. The Hall–Kier alpha value is -1.62. The van der Waals surface area contributed by atoms with Gasteiger partial charge in [-0.2, -0.15) is 0 Å². The predicted molar refractivity (Wildman–Crippen MR) is 177 cm³/mol. The number of ether oxygens (including phenoxy) is 6.